The van der Waals surface area contributed by atoms with Gasteiger partial charge in [-0.05, 0) is 41.8 Å². The molecule has 0 bridgehead atoms. The standard InChI is InChI=1S/C18H20ClNO/c1-2-20-17(14-7-5-8-15(19)12-14)18-16-9-4-3-6-13(16)10-11-21-18/h3-9,12,17-18,20H,2,10-11H2,1H3. The Kier molecular flexibility index (Phi) is 4.59. The Labute approximate surface area is 131 Å². The van der Waals surface area contributed by atoms with E-state index < -0.39 is 0 Å². The zero-order valence-corrected chi connectivity index (χ0v) is 12.9. The van der Waals surface area contributed by atoms with Gasteiger partial charge in [-0.2, -0.15) is 0 Å². The first-order valence-corrected chi connectivity index (χ1v) is 7.85. The van der Waals surface area contributed by atoms with Gasteiger partial charge < -0.3 is 10.1 Å². The quantitative estimate of drug-likeness (QED) is 0.909. The number of ether oxygens (including phenoxy) is 1. The predicted molar refractivity (Wildman–Crippen MR) is 86.7 cm³/mol. The molecular weight excluding hydrogens is 282 g/mol. The summed E-state index contributed by atoms with van der Waals surface area (Å²) >= 11 is 6.16. The summed E-state index contributed by atoms with van der Waals surface area (Å²) < 4.78 is 6.11. The van der Waals surface area contributed by atoms with Crippen LogP contribution in [0.15, 0.2) is 48.5 Å². The highest BCUT2D eigenvalue weighted by molar-refractivity contribution is 6.30. The number of halogens is 1. The minimum atomic E-state index is 0.0355. The molecule has 2 aromatic carbocycles. The lowest BCUT2D eigenvalue weighted by Gasteiger charge is -2.33. The van der Waals surface area contributed by atoms with Gasteiger partial charge in [0.25, 0.3) is 0 Å². The van der Waals surface area contributed by atoms with Gasteiger partial charge in [-0.15, -0.1) is 0 Å². The van der Waals surface area contributed by atoms with E-state index in [1.807, 2.05) is 18.2 Å². The summed E-state index contributed by atoms with van der Waals surface area (Å²) in [7, 11) is 0. The van der Waals surface area contributed by atoms with Crippen LogP contribution in [0, 0.1) is 0 Å². The monoisotopic (exact) mass is 301 g/mol. The Morgan fingerprint density at radius 2 is 2.10 bits per heavy atom. The molecule has 0 aliphatic carbocycles. The summed E-state index contributed by atoms with van der Waals surface area (Å²) in [6, 6.07) is 16.7. The van der Waals surface area contributed by atoms with E-state index in [4.69, 9.17) is 16.3 Å². The summed E-state index contributed by atoms with van der Waals surface area (Å²) in [6.07, 6.45) is 1.02. The molecule has 21 heavy (non-hydrogen) atoms. The first kappa shape index (κ1) is 14.6. The molecule has 2 atom stereocenters. The molecule has 0 fully saturated rings. The van der Waals surface area contributed by atoms with Gasteiger partial charge >= 0.3 is 0 Å². The van der Waals surface area contributed by atoms with Crippen LogP contribution < -0.4 is 5.32 Å². The number of hydrogen-bond donors (Lipinski definition) is 1. The van der Waals surface area contributed by atoms with E-state index in [0.717, 1.165) is 24.6 Å². The van der Waals surface area contributed by atoms with Gasteiger partial charge in [0.2, 0.25) is 0 Å². The second kappa shape index (κ2) is 6.61. The van der Waals surface area contributed by atoms with Crippen molar-refractivity contribution in [2.45, 2.75) is 25.5 Å². The average Bonchev–Trinajstić information content (AvgIpc) is 2.52. The minimum Gasteiger partial charge on any atom is -0.371 e. The molecule has 1 aliphatic heterocycles. The van der Waals surface area contributed by atoms with Gasteiger partial charge in [-0.1, -0.05) is 54.9 Å². The Hall–Kier alpha value is -1.35. The highest BCUT2D eigenvalue weighted by Crippen LogP contribution is 2.37. The van der Waals surface area contributed by atoms with Crippen LogP contribution >= 0.6 is 11.6 Å². The average molecular weight is 302 g/mol. The molecule has 0 amide bonds. The van der Waals surface area contributed by atoms with E-state index in [0.29, 0.717) is 0 Å². The fourth-order valence-corrected chi connectivity index (χ4v) is 3.22. The first-order valence-electron chi connectivity index (χ1n) is 7.48. The minimum absolute atomic E-state index is 0.0355. The maximum atomic E-state index is 6.16. The van der Waals surface area contributed by atoms with Crippen LogP contribution in [0.5, 0.6) is 0 Å². The first-order chi connectivity index (χ1) is 10.3. The zero-order chi connectivity index (χ0) is 14.7. The molecule has 110 valence electrons. The van der Waals surface area contributed by atoms with E-state index >= 15 is 0 Å². The molecule has 1 N–H and O–H groups in total. The molecule has 1 aliphatic rings. The summed E-state index contributed by atoms with van der Waals surface area (Å²) in [5.41, 5.74) is 3.85. The molecule has 3 heteroatoms. The lowest BCUT2D eigenvalue weighted by atomic mass is 9.90. The number of fused-ring (bicyclic) bond motifs is 1. The topological polar surface area (TPSA) is 21.3 Å². The molecule has 0 saturated heterocycles. The Morgan fingerprint density at radius 1 is 1.24 bits per heavy atom. The summed E-state index contributed by atoms with van der Waals surface area (Å²) in [6.45, 7) is 3.77. The van der Waals surface area contributed by atoms with Crippen molar-refractivity contribution in [1.82, 2.24) is 5.32 Å². The number of benzene rings is 2. The van der Waals surface area contributed by atoms with E-state index in [2.05, 4.69) is 42.6 Å². The van der Waals surface area contributed by atoms with Crippen molar-refractivity contribution >= 4 is 11.6 Å². The second-order valence-electron chi connectivity index (χ2n) is 5.33. The normalized spacial score (nSPS) is 19.0. The molecule has 0 spiro atoms. The molecule has 2 unspecified atom stereocenters. The van der Waals surface area contributed by atoms with Gasteiger partial charge in [0, 0.05) is 5.02 Å². The van der Waals surface area contributed by atoms with Crippen molar-refractivity contribution in [2.24, 2.45) is 0 Å². The van der Waals surface area contributed by atoms with Gasteiger partial charge in [-0.25, -0.2) is 0 Å². The van der Waals surface area contributed by atoms with Crippen LogP contribution in [-0.4, -0.2) is 13.2 Å². The SMILES string of the molecule is CCNC(c1cccc(Cl)c1)C1OCCc2ccccc21. The molecule has 3 rings (SSSR count). The molecule has 2 nitrogen and oxygen atoms in total. The smallest absolute Gasteiger partial charge is 0.102 e. The molecular formula is C18H20ClNO. The van der Waals surface area contributed by atoms with Crippen molar-refractivity contribution in [3.05, 3.63) is 70.2 Å². The maximum Gasteiger partial charge on any atom is 0.102 e. The highest BCUT2D eigenvalue weighted by Gasteiger charge is 2.29. The largest absolute Gasteiger partial charge is 0.371 e. The van der Waals surface area contributed by atoms with Crippen LogP contribution in [0.25, 0.3) is 0 Å². The summed E-state index contributed by atoms with van der Waals surface area (Å²) in [4.78, 5) is 0. The molecule has 0 saturated carbocycles. The Balaban J connectivity index is 1.99. The van der Waals surface area contributed by atoms with Crippen molar-refractivity contribution < 1.29 is 4.74 Å². The van der Waals surface area contributed by atoms with Crippen molar-refractivity contribution in [3.63, 3.8) is 0 Å². The Morgan fingerprint density at radius 3 is 2.90 bits per heavy atom. The van der Waals surface area contributed by atoms with Crippen molar-refractivity contribution in [3.8, 4) is 0 Å². The summed E-state index contributed by atoms with van der Waals surface area (Å²) in [5.74, 6) is 0. The van der Waals surface area contributed by atoms with Crippen LogP contribution in [0.4, 0.5) is 0 Å². The van der Waals surface area contributed by atoms with Crippen LogP contribution in [0.1, 0.15) is 35.8 Å². The van der Waals surface area contributed by atoms with Crippen LogP contribution in [0.3, 0.4) is 0 Å². The van der Waals surface area contributed by atoms with Gasteiger partial charge in [0.15, 0.2) is 0 Å². The maximum absolute atomic E-state index is 6.16. The van der Waals surface area contributed by atoms with Gasteiger partial charge in [0.1, 0.15) is 6.10 Å². The number of nitrogens with one attached hydrogen (secondary N) is 1. The second-order valence-corrected chi connectivity index (χ2v) is 5.77. The lowest BCUT2D eigenvalue weighted by Crippen LogP contribution is -2.31. The predicted octanol–water partition coefficient (Wildman–Crippen LogP) is 4.30. The fraction of sp³-hybridized carbons (Fsp3) is 0.333. The number of likely N-dealkylation sites (N-methyl/N-ethyl adjacent to an activating group) is 1. The van der Waals surface area contributed by atoms with Crippen LogP contribution in [-0.2, 0) is 11.2 Å². The molecule has 0 radical (unpaired) electrons. The fourth-order valence-electron chi connectivity index (χ4n) is 3.02. The molecule has 1 heterocycles. The molecule has 0 aromatic heterocycles. The van der Waals surface area contributed by atoms with Crippen molar-refractivity contribution in [1.29, 1.82) is 0 Å². The highest BCUT2D eigenvalue weighted by atomic mass is 35.5. The number of hydrogen-bond acceptors (Lipinski definition) is 2. The van der Waals surface area contributed by atoms with Crippen LogP contribution in [0.2, 0.25) is 5.02 Å². The van der Waals surface area contributed by atoms with Gasteiger partial charge in [0.05, 0.1) is 12.6 Å². The van der Waals surface area contributed by atoms with Crippen molar-refractivity contribution in [2.75, 3.05) is 13.2 Å². The van der Waals surface area contributed by atoms with E-state index in [9.17, 15) is 0 Å². The third-order valence-corrected chi connectivity index (χ3v) is 4.20. The molecule has 2 aromatic rings. The summed E-state index contributed by atoms with van der Waals surface area (Å²) in [5, 5.41) is 4.32. The lowest BCUT2D eigenvalue weighted by molar-refractivity contribution is 0.0151. The third kappa shape index (κ3) is 3.13. The van der Waals surface area contributed by atoms with E-state index in [1.165, 1.54) is 16.7 Å². The van der Waals surface area contributed by atoms with E-state index in [-0.39, 0.29) is 12.1 Å². The Bertz CT molecular complexity index is 614. The van der Waals surface area contributed by atoms with E-state index in [1.54, 1.807) is 0 Å². The number of rotatable bonds is 4. The third-order valence-electron chi connectivity index (χ3n) is 3.97. The zero-order valence-electron chi connectivity index (χ0n) is 12.2. The van der Waals surface area contributed by atoms with Gasteiger partial charge in [-0.3, -0.25) is 0 Å².